The van der Waals surface area contributed by atoms with Gasteiger partial charge in [0, 0.05) is 24.7 Å². The van der Waals surface area contributed by atoms with Crippen LogP contribution in [0.5, 0.6) is 0 Å². The van der Waals surface area contributed by atoms with E-state index in [-0.39, 0.29) is 18.0 Å². The third kappa shape index (κ3) is 2.58. The van der Waals surface area contributed by atoms with Gasteiger partial charge in [-0.25, -0.2) is 4.98 Å². The quantitative estimate of drug-likeness (QED) is 0.922. The molecule has 0 unspecified atom stereocenters. The van der Waals surface area contributed by atoms with Crippen LogP contribution in [0.1, 0.15) is 37.0 Å². The van der Waals surface area contributed by atoms with Crippen molar-refractivity contribution in [3.8, 4) is 0 Å². The van der Waals surface area contributed by atoms with Crippen LogP contribution in [0.2, 0.25) is 0 Å². The lowest BCUT2D eigenvalue weighted by Gasteiger charge is -2.42. The monoisotopic (exact) mass is 315 g/mol. The van der Waals surface area contributed by atoms with Crippen molar-refractivity contribution >= 4 is 22.9 Å². The second-order valence-electron chi connectivity index (χ2n) is 6.38. The fourth-order valence-electron chi connectivity index (χ4n) is 3.53. The number of hydrogen-bond acceptors (Lipinski definition) is 3. The van der Waals surface area contributed by atoms with E-state index in [0.717, 1.165) is 11.0 Å². The van der Waals surface area contributed by atoms with Gasteiger partial charge in [-0.2, -0.15) is 0 Å². The molecule has 0 saturated carbocycles. The highest BCUT2D eigenvalue weighted by atomic mass is 16.4. The van der Waals surface area contributed by atoms with Crippen LogP contribution in [0.15, 0.2) is 24.5 Å². The molecule has 1 aliphatic rings. The normalized spacial score (nSPS) is 24.8. The summed E-state index contributed by atoms with van der Waals surface area (Å²) in [5, 5.41) is 9.36. The molecule has 0 aliphatic carbocycles. The maximum atomic E-state index is 12.9. The van der Waals surface area contributed by atoms with Crippen molar-refractivity contribution in [3.63, 3.8) is 0 Å². The Kier molecular flexibility index (Phi) is 3.83. The second-order valence-corrected chi connectivity index (χ2v) is 6.38. The van der Waals surface area contributed by atoms with Gasteiger partial charge in [-0.3, -0.25) is 9.59 Å². The number of aromatic nitrogens is 2. The molecule has 0 radical (unpaired) electrons. The summed E-state index contributed by atoms with van der Waals surface area (Å²) in [6.07, 6.45) is 3.03. The van der Waals surface area contributed by atoms with Gasteiger partial charge in [0.1, 0.15) is 0 Å². The SMILES string of the molecule is C[C@@H]1CC[C@H](C(=O)O)[C@H](C)N1C(=O)c1ccc2c(c1)ncn2C. The Morgan fingerprint density at radius 2 is 2.00 bits per heavy atom. The molecule has 1 saturated heterocycles. The number of imidazole rings is 1. The summed E-state index contributed by atoms with van der Waals surface area (Å²) in [7, 11) is 1.91. The van der Waals surface area contributed by atoms with Crippen LogP contribution in [0.4, 0.5) is 0 Å². The van der Waals surface area contributed by atoms with E-state index in [1.165, 1.54) is 0 Å². The molecule has 6 heteroatoms. The van der Waals surface area contributed by atoms with Gasteiger partial charge in [-0.15, -0.1) is 0 Å². The molecule has 122 valence electrons. The van der Waals surface area contributed by atoms with Crippen LogP contribution < -0.4 is 0 Å². The summed E-state index contributed by atoms with van der Waals surface area (Å²) in [4.78, 5) is 30.3. The number of fused-ring (bicyclic) bond motifs is 1. The largest absolute Gasteiger partial charge is 0.481 e. The molecule has 6 nitrogen and oxygen atoms in total. The number of carbonyl (C=O) groups excluding carboxylic acids is 1. The molecular weight excluding hydrogens is 294 g/mol. The number of carboxylic acids is 1. The van der Waals surface area contributed by atoms with E-state index in [1.807, 2.05) is 31.5 Å². The molecule has 1 N–H and O–H groups in total. The van der Waals surface area contributed by atoms with E-state index in [1.54, 1.807) is 23.4 Å². The molecule has 23 heavy (non-hydrogen) atoms. The number of piperidine rings is 1. The minimum Gasteiger partial charge on any atom is -0.481 e. The standard InChI is InChI=1S/C17H21N3O3/c1-10-4-6-13(17(22)23)11(2)20(10)16(21)12-5-7-15-14(8-12)18-9-19(15)3/h5,7-11,13H,4,6H2,1-3H3,(H,22,23)/t10-,11+,13+/m1/s1. The van der Waals surface area contributed by atoms with Gasteiger partial charge in [-0.1, -0.05) is 0 Å². The molecular formula is C17H21N3O3. The van der Waals surface area contributed by atoms with E-state index in [4.69, 9.17) is 0 Å². The highest BCUT2D eigenvalue weighted by Crippen LogP contribution is 2.30. The molecule has 1 aromatic heterocycles. The first-order chi connectivity index (χ1) is 10.9. The first-order valence-corrected chi connectivity index (χ1v) is 7.86. The number of rotatable bonds is 2. The first-order valence-electron chi connectivity index (χ1n) is 7.86. The van der Waals surface area contributed by atoms with Crippen LogP contribution in [0.25, 0.3) is 11.0 Å². The lowest BCUT2D eigenvalue weighted by Crippen LogP contribution is -2.53. The Balaban J connectivity index is 1.94. The predicted octanol–water partition coefficient (Wildman–Crippen LogP) is 2.29. The Morgan fingerprint density at radius 1 is 1.26 bits per heavy atom. The van der Waals surface area contributed by atoms with Crippen molar-refractivity contribution in [1.82, 2.24) is 14.5 Å². The third-order valence-electron chi connectivity index (χ3n) is 4.92. The van der Waals surface area contributed by atoms with Gasteiger partial charge < -0.3 is 14.6 Å². The molecule has 3 atom stereocenters. The highest BCUT2D eigenvalue weighted by molar-refractivity contribution is 5.98. The molecule has 1 amide bonds. The van der Waals surface area contributed by atoms with E-state index in [9.17, 15) is 14.7 Å². The molecule has 1 aliphatic heterocycles. The molecule has 2 aromatic rings. The lowest BCUT2D eigenvalue weighted by atomic mass is 9.86. The fraction of sp³-hybridized carbons (Fsp3) is 0.471. The summed E-state index contributed by atoms with van der Waals surface area (Å²) >= 11 is 0. The summed E-state index contributed by atoms with van der Waals surface area (Å²) in [6.45, 7) is 3.80. The van der Waals surface area contributed by atoms with Gasteiger partial charge in [-0.05, 0) is 44.9 Å². The molecule has 0 spiro atoms. The van der Waals surface area contributed by atoms with Crippen molar-refractivity contribution < 1.29 is 14.7 Å². The number of likely N-dealkylation sites (tertiary alicyclic amines) is 1. The van der Waals surface area contributed by atoms with Crippen molar-refractivity contribution in [3.05, 3.63) is 30.1 Å². The van der Waals surface area contributed by atoms with Crippen LogP contribution in [-0.2, 0) is 11.8 Å². The Bertz CT molecular complexity index is 768. The molecule has 1 aromatic carbocycles. The number of aliphatic carboxylic acids is 1. The summed E-state index contributed by atoms with van der Waals surface area (Å²) in [5.41, 5.74) is 2.29. The minimum absolute atomic E-state index is 0.0347. The first kappa shape index (κ1) is 15.5. The van der Waals surface area contributed by atoms with Crippen molar-refractivity contribution in [2.75, 3.05) is 0 Å². The Morgan fingerprint density at radius 3 is 2.70 bits per heavy atom. The third-order valence-corrected chi connectivity index (χ3v) is 4.92. The molecule has 1 fully saturated rings. The average Bonchev–Trinajstić information content (AvgIpc) is 2.87. The van der Waals surface area contributed by atoms with Crippen LogP contribution in [0, 0.1) is 5.92 Å². The van der Waals surface area contributed by atoms with E-state index >= 15 is 0 Å². The maximum Gasteiger partial charge on any atom is 0.308 e. The van der Waals surface area contributed by atoms with Crippen LogP contribution in [-0.4, -0.2) is 43.5 Å². The summed E-state index contributed by atoms with van der Waals surface area (Å²) in [5.74, 6) is -1.46. The zero-order valence-electron chi connectivity index (χ0n) is 13.6. The number of aryl methyl sites for hydroxylation is 1. The topological polar surface area (TPSA) is 75.4 Å². The number of amides is 1. The van der Waals surface area contributed by atoms with Crippen molar-refractivity contribution in [2.24, 2.45) is 13.0 Å². The van der Waals surface area contributed by atoms with Crippen molar-refractivity contribution in [2.45, 2.75) is 38.8 Å². The number of carboxylic acid groups (broad SMARTS) is 1. The van der Waals surface area contributed by atoms with Gasteiger partial charge in [0.05, 0.1) is 23.3 Å². The maximum absolute atomic E-state index is 12.9. The number of nitrogens with zero attached hydrogens (tertiary/aromatic N) is 3. The number of hydrogen-bond donors (Lipinski definition) is 1. The van der Waals surface area contributed by atoms with Gasteiger partial charge in [0.15, 0.2) is 0 Å². The van der Waals surface area contributed by atoms with Gasteiger partial charge in [0.2, 0.25) is 0 Å². The Labute approximate surface area is 134 Å². The summed E-state index contributed by atoms with van der Waals surface area (Å²) < 4.78 is 1.90. The number of benzene rings is 1. The van der Waals surface area contributed by atoms with Gasteiger partial charge >= 0.3 is 5.97 Å². The lowest BCUT2D eigenvalue weighted by molar-refractivity contribution is -0.145. The fourth-order valence-corrected chi connectivity index (χ4v) is 3.53. The second kappa shape index (κ2) is 5.68. The summed E-state index contributed by atoms with van der Waals surface area (Å²) in [6, 6.07) is 5.16. The van der Waals surface area contributed by atoms with Crippen LogP contribution in [0.3, 0.4) is 0 Å². The van der Waals surface area contributed by atoms with E-state index in [0.29, 0.717) is 18.4 Å². The molecule has 2 heterocycles. The molecule has 0 bridgehead atoms. The van der Waals surface area contributed by atoms with Gasteiger partial charge in [0.25, 0.3) is 5.91 Å². The molecule has 3 rings (SSSR count). The zero-order chi connectivity index (χ0) is 16.7. The van der Waals surface area contributed by atoms with Crippen LogP contribution >= 0.6 is 0 Å². The van der Waals surface area contributed by atoms with E-state index in [2.05, 4.69) is 4.98 Å². The smallest absolute Gasteiger partial charge is 0.308 e. The zero-order valence-corrected chi connectivity index (χ0v) is 13.6. The Hall–Kier alpha value is -2.37. The van der Waals surface area contributed by atoms with E-state index < -0.39 is 11.9 Å². The highest BCUT2D eigenvalue weighted by Gasteiger charge is 2.39. The van der Waals surface area contributed by atoms with Crippen molar-refractivity contribution in [1.29, 1.82) is 0 Å². The minimum atomic E-state index is -0.831. The number of carbonyl (C=O) groups is 2. The average molecular weight is 315 g/mol. The predicted molar refractivity (Wildman–Crippen MR) is 86.2 cm³/mol.